The molecule has 0 aliphatic carbocycles. The van der Waals surface area contributed by atoms with E-state index in [1.165, 1.54) is 0 Å². The SMILES string of the molecule is O=C(n1cnc2c(I)nc(CCl)nc21)C(F)(F)C(F)C(O)CO. The average Bonchev–Trinajstić information content (AvgIpc) is 2.96. The Hall–Kier alpha value is -1.05. The molecule has 0 fully saturated rings. The maximum Gasteiger partial charge on any atom is 0.358 e. The van der Waals surface area contributed by atoms with Crippen molar-refractivity contribution in [3.8, 4) is 0 Å². The molecule has 2 aromatic heterocycles. The summed E-state index contributed by atoms with van der Waals surface area (Å²) in [6, 6.07) is 0. The van der Waals surface area contributed by atoms with Crippen LogP contribution in [0.1, 0.15) is 10.6 Å². The minimum absolute atomic E-state index is 0.0710. The number of aliphatic hydroxyl groups is 2. The van der Waals surface area contributed by atoms with Gasteiger partial charge in [0.2, 0.25) is 6.17 Å². The Balaban J connectivity index is 2.51. The van der Waals surface area contributed by atoms with E-state index in [4.69, 9.17) is 21.8 Å². The molecule has 0 saturated heterocycles. The van der Waals surface area contributed by atoms with Gasteiger partial charge in [-0.15, -0.1) is 11.6 Å². The highest BCUT2D eigenvalue weighted by atomic mass is 127. The summed E-state index contributed by atoms with van der Waals surface area (Å²) in [6.45, 7) is -1.26. The van der Waals surface area contributed by atoms with Gasteiger partial charge in [0.1, 0.15) is 27.5 Å². The summed E-state index contributed by atoms with van der Waals surface area (Å²) in [5.74, 6) is -6.62. The van der Waals surface area contributed by atoms with E-state index in [2.05, 4.69) is 15.0 Å². The molecule has 2 unspecified atom stereocenters. The molecule has 2 N–H and O–H groups in total. The summed E-state index contributed by atoms with van der Waals surface area (Å²) < 4.78 is 42.0. The Morgan fingerprint density at radius 1 is 1.48 bits per heavy atom. The van der Waals surface area contributed by atoms with Gasteiger partial charge in [0, 0.05) is 0 Å². The first-order chi connectivity index (χ1) is 10.7. The van der Waals surface area contributed by atoms with Crippen molar-refractivity contribution in [3.63, 3.8) is 0 Å². The van der Waals surface area contributed by atoms with Gasteiger partial charge in [0.05, 0.1) is 12.5 Å². The van der Waals surface area contributed by atoms with Crippen LogP contribution < -0.4 is 0 Å². The standard InChI is InChI=1S/C11H9ClF3IN4O3/c12-1-5-18-8(16)6-9(19-5)20(3-17-6)10(23)11(14,15)7(13)4(22)2-21/h3-4,7,21-22H,1-2H2. The van der Waals surface area contributed by atoms with E-state index < -0.39 is 30.7 Å². The third kappa shape index (κ3) is 3.27. The van der Waals surface area contributed by atoms with Crippen molar-refractivity contribution < 1.29 is 28.2 Å². The fraction of sp³-hybridized carbons (Fsp3) is 0.455. The number of fused-ring (bicyclic) bond motifs is 1. The molecule has 2 heterocycles. The molecule has 126 valence electrons. The van der Waals surface area contributed by atoms with Gasteiger partial charge in [-0.25, -0.2) is 23.9 Å². The topological polar surface area (TPSA) is 101 Å². The van der Waals surface area contributed by atoms with Crippen LogP contribution in [0.2, 0.25) is 0 Å². The molecule has 2 aromatic rings. The number of halogens is 5. The van der Waals surface area contributed by atoms with Gasteiger partial charge < -0.3 is 10.2 Å². The summed E-state index contributed by atoms with van der Waals surface area (Å²) in [7, 11) is 0. The van der Waals surface area contributed by atoms with Crippen molar-refractivity contribution in [2.45, 2.75) is 24.1 Å². The summed E-state index contributed by atoms with van der Waals surface area (Å²) in [6.07, 6.45) is -4.93. The number of alkyl halides is 4. The van der Waals surface area contributed by atoms with E-state index >= 15 is 0 Å². The van der Waals surface area contributed by atoms with Gasteiger partial charge in [-0.2, -0.15) is 8.78 Å². The number of nitrogens with zero attached hydrogens (tertiary/aromatic N) is 4. The molecule has 23 heavy (non-hydrogen) atoms. The van der Waals surface area contributed by atoms with E-state index in [0.29, 0.717) is 4.57 Å². The summed E-state index contributed by atoms with van der Waals surface area (Å²) in [5.41, 5.74) is -0.183. The highest BCUT2D eigenvalue weighted by Gasteiger charge is 2.52. The fourth-order valence-electron chi connectivity index (χ4n) is 1.73. The zero-order valence-electron chi connectivity index (χ0n) is 11.1. The van der Waals surface area contributed by atoms with E-state index in [9.17, 15) is 18.0 Å². The molecular formula is C11H9ClF3IN4O3. The highest BCUT2D eigenvalue weighted by Crippen LogP contribution is 2.28. The average molecular weight is 465 g/mol. The second-order valence-electron chi connectivity index (χ2n) is 4.43. The number of carbonyl (C=O) groups is 1. The lowest BCUT2D eigenvalue weighted by Crippen LogP contribution is -2.48. The lowest BCUT2D eigenvalue weighted by molar-refractivity contribution is -0.102. The molecule has 2 rings (SSSR count). The van der Waals surface area contributed by atoms with Crippen LogP contribution in [0.4, 0.5) is 13.2 Å². The van der Waals surface area contributed by atoms with Crippen molar-refractivity contribution in [2.24, 2.45) is 0 Å². The van der Waals surface area contributed by atoms with Crippen molar-refractivity contribution >= 4 is 51.3 Å². The van der Waals surface area contributed by atoms with Crippen LogP contribution in [0.3, 0.4) is 0 Å². The van der Waals surface area contributed by atoms with E-state index in [0.717, 1.165) is 6.33 Å². The monoisotopic (exact) mass is 464 g/mol. The van der Waals surface area contributed by atoms with Crippen LogP contribution in [-0.2, 0) is 5.88 Å². The van der Waals surface area contributed by atoms with Crippen LogP contribution in [0.25, 0.3) is 11.2 Å². The second kappa shape index (κ2) is 6.83. The van der Waals surface area contributed by atoms with Gasteiger partial charge >= 0.3 is 11.8 Å². The maximum atomic E-state index is 13.9. The minimum Gasteiger partial charge on any atom is -0.394 e. The van der Waals surface area contributed by atoms with E-state index in [-0.39, 0.29) is 26.6 Å². The lowest BCUT2D eigenvalue weighted by Gasteiger charge is -2.22. The molecule has 0 bridgehead atoms. The van der Waals surface area contributed by atoms with Crippen molar-refractivity contribution in [1.82, 2.24) is 19.5 Å². The van der Waals surface area contributed by atoms with Gasteiger partial charge in [-0.1, -0.05) is 0 Å². The van der Waals surface area contributed by atoms with E-state index in [1.54, 1.807) is 22.6 Å². The third-order valence-electron chi connectivity index (χ3n) is 2.89. The first-order valence-corrected chi connectivity index (χ1v) is 7.66. The number of hydrogen-bond acceptors (Lipinski definition) is 6. The minimum atomic E-state index is -4.59. The molecular weight excluding hydrogens is 455 g/mol. The largest absolute Gasteiger partial charge is 0.394 e. The smallest absolute Gasteiger partial charge is 0.358 e. The maximum absolute atomic E-state index is 13.9. The van der Waals surface area contributed by atoms with E-state index in [1.807, 2.05) is 0 Å². The van der Waals surface area contributed by atoms with Crippen LogP contribution in [0.15, 0.2) is 6.33 Å². The predicted molar refractivity (Wildman–Crippen MR) is 81.2 cm³/mol. The van der Waals surface area contributed by atoms with Gasteiger partial charge in [0.25, 0.3) is 0 Å². The number of aromatic nitrogens is 4. The Kier molecular flexibility index (Phi) is 5.43. The number of aliphatic hydroxyl groups excluding tert-OH is 2. The summed E-state index contributed by atoms with van der Waals surface area (Å²) in [4.78, 5) is 23.5. The molecule has 12 heteroatoms. The lowest BCUT2D eigenvalue weighted by atomic mass is 10.1. The van der Waals surface area contributed by atoms with Gasteiger partial charge in [-0.05, 0) is 22.6 Å². The first kappa shape index (κ1) is 18.3. The van der Waals surface area contributed by atoms with Crippen LogP contribution in [0.5, 0.6) is 0 Å². The number of rotatable bonds is 5. The second-order valence-corrected chi connectivity index (χ2v) is 5.72. The van der Waals surface area contributed by atoms with Crippen molar-refractivity contribution in [1.29, 1.82) is 0 Å². The zero-order chi connectivity index (χ0) is 17.4. The molecule has 0 saturated carbocycles. The number of carbonyl (C=O) groups excluding carboxylic acids is 1. The van der Waals surface area contributed by atoms with Crippen LogP contribution in [0, 0.1) is 3.70 Å². The first-order valence-electron chi connectivity index (χ1n) is 6.05. The quantitative estimate of drug-likeness (QED) is 0.391. The highest BCUT2D eigenvalue weighted by molar-refractivity contribution is 14.1. The molecule has 0 amide bonds. The number of hydrogen-bond donors (Lipinski definition) is 2. The summed E-state index contributed by atoms with van der Waals surface area (Å²) in [5, 5.41) is 17.6. The molecule has 7 nitrogen and oxygen atoms in total. The number of imidazole rings is 1. The third-order valence-corrected chi connectivity index (χ3v) is 3.89. The Morgan fingerprint density at radius 2 is 2.13 bits per heavy atom. The van der Waals surface area contributed by atoms with Gasteiger partial charge in [-0.3, -0.25) is 4.79 Å². The molecule has 0 aromatic carbocycles. The molecule has 0 spiro atoms. The van der Waals surface area contributed by atoms with Crippen molar-refractivity contribution in [3.05, 3.63) is 15.9 Å². The molecule has 0 radical (unpaired) electrons. The van der Waals surface area contributed by atoms with Gasteiger partial charge in [0.15, 0.2) is 5.65 Å². The predicted octanol–water partition coefficient (Wildman–Crippen LogP) is 1.14. The molecule has 2 atom stereocenters. The Labute approximate surface area is 145 Å². The van der Waals surface area contributed by atoms with Crippen LogP contribution in [-0.4, -0.2) is 60.4 Å². The summed E-state index contributed by atoms with van der Waals surface area (Å²) >= 11 is 7.35. The molecule has 0 aliphatic heterocycles. The van der Waals surface area contributed by atoms with Crippen molar-refractivity contribution in [2.75, 3.05) is 6.61 Å². The Morgan fingerprint density at radius 3 is 2.70 bits per heavy atom. The Bertz CT molecular complexity index is 745. The van der Waals surface area contributed by atoms with Crippen LogP contribution >= 0.6 is 34.2 Å². The molecule has 0 aliphatic rings. The normalized spacial score (nSPS) is 14.9. The fourth-order valence-corrected chi connectivity index (χ4v) is 2.51. The zero-order valence-corrected chi connectivity index (χ0v) is 14.0.